The van der Waals surface area contributed by atoms with Crippen LogP contribution in [0.1, 0.15) is 11.1 Å². The quantitative estimate of drug-likeness (QED) is 0.441. The van der Waals surface area contributed by atoms with Crippen molar-refractivity contribution in [2.24, 2.45) is 0 Å². The molecule has 0 radical (unpaired) electrons. The highest BCUT2D eigenvalue weighted by atomic mass is 32.2. The fourth-order valence-electron chi connectivity index (χ4n) is 2.17. The van der Waals surface area contributed by atoms with Gasteiger partial charge >= 0.3 is 12.1 Å². The molecule has 0 amide bonds. The van der Waals surface area contributed by atoms with E-state index >= 15 is 0 Å². The first kappa shape index (κ1) is 22.5. The van der Waals surface area contributed by atoms with E-state index in [0.29, 0.717) is 17.3 Å². The number of carboxylic acids is 1. The molecule has 5 nitrogen and oxygen atoms in total. The largest absolute Gasteiger partial charge is 0.497 e. The van der Waals surface area contributed by atoms with Crippen molar-refractivity contribution in [1.82, 2.24) is 0 Å². The molecule has 2 aromatic carbocycles. The molecule has 2 aromatic rings. The number of thioether (sulfide) groups is 1. The fourth-order valence-corrected chi connectivity index (χ4v) is 2.99. The predicted octanol–water partition coefficient (Wildman–Crippen LogP) is 5.14. The summed E-state index contributed by atoms with van der Waals surface area (Å²) in [5, 5.41) is 10.4. The van der Waals surface area contributed by atoms with E-state index < -0.39 is 24.3 Å². The summed E-state index contributed by atoms with van der Waals surface area (Å²) < 4.78 is 53.6. The monoisotopic (exact) mass is 428 g/mol. The standard InChI is InChI=1S/C20H19F3O5S/c1-13-9-17(7-8-18(13)28-11-19(24)25)29-12-16(26-2)10-27-15-5-3-14(4-6-15)20(21,22)23/h3-9,12H,10-11H2,1-2H3,(H,24,25)/b16-12-. The van der Waals surface area contributed by atoms with Crippen molar-refractivity contribution in [2.75, 3.05) is 20.3 Å². The van der Waals surface area contributed by atoms with E-state index in [1.807, 2.05) is 6.07 Å². The molecule has 0 atom stereocenters. The van der Waals surface area contributed by atoms with Gasteiger partial charge in [-0.1, -0.05) is 11.8 Å². The number of carbonyl (C=O) groups is 1. The molecule has 2 rings (SSSR count). The zero-order valence-electron chi connectivity index (χ0n) is 15.7. The molecule has 0 bridgehead atoms. The van der Waals surface area contributed by atoms with Crippen LogP contribution in [0.5, 0.6) is 11.5 Å². The summed E-state index contributed by atoms with van der Waals surface area (Å²) in [5.41, 5.74) is 0.0404. The first-order chi connectivity index (χ1) is 13.7. The number of hydrogen-bond acceptors (Lipinski definition) is 5. The zero-order valence-corrected chi connectivity index (χ0v) is 16.5. The summed E-state index contributed by atoms with van der Waals surface area (Å²) in [7, 11) is 1.47. The molecule has 0 aliphatic rings. The van der Waals surface area contributed by atoms with Crippen LogP contribution in [0.25, 0.3) is 0 Å². The lowest BCUT2D eigenvalue weighted by atomic mass is 10.2. The highest BCUT2D eigenvalue weighted by Crippen LogP contribution is 2.30. The van der Waals surface area contributed by atoms with Gasteiger partial charge in [0.25, 0.3) is 0 Å². The molecule has 0 aliphatic carbocycles. The second-order valence-corrected chi connectivity index (χ2v) is 6.77. The van der Waals surface area contributed by atoms with Gasteiger partial charge in [0.1, 0.15) is 23.9 Å². The first-order valence-electron chi connectivity index (χ1n) is 8.34. The second kappa shape index (κ2) is 10.1. The van der Waals surface area contributed by atoms with Gasteiger partial charge in [0.15, 0.2) is 6.61 Å². The molecule has 1 N–H and O–H groups in total. The summed E-state index contributed by atoms with van der Waals surface area (Å²) in [6.07, 6.45) is -4.39. The van der Waals surface area contributed by atoms with Gasteiger partial charge in [-0.25, -0.2) is 4.79 Å². The van der Waals surface area contributed by atoms with Crippen molar-refractivity contribution in [1.29, 1.82) is 0 Å². The molecule has 0 spiro atoms. The Morgan fingerprint density at radius 2 is 1.79 bits per heavy atom. The van der Waals surface area contributed by atoms with E-state index in [2.05, 4.69) is 0 Å². The van der Waals surface area contributed by atoms with Crippen molar-refractivity contribution in [3.05, 3.63) is 64.8 Å². The molecular formula is C20H19F3O5S. The lowest BCUT2D eigenvalue weighted by Crippen LogP contribution is -2.09. The van der Waals surface area contributed by atoms with Crippen molar-refractivity contribution < 1.29 is 37.3 Å². The third-order valence-corrected chi connectivity index (χ3v) is 4.56. The number of benzene rings is 2. The average molecular weight is 428 g/mol. The lowest BCUT2D eigenvalue weighted by molar-refractivity contribution is -0.139. The fraction of sp³-hybridized carbons (Fsp3) is 0.250. The van der Waals surface area contributed by atoms with Crippen LogP contribution in [0.3, 0.4) is 0 Å². The highest BCUT2D eigenvalue weighted by molar-refractivity contribution is 8.02. The van der Waals surface area contributed by atoms with E-state index in [1.54, 1.807) is 24.5 Å². The van der Waals surface area contributed by atoms with E-state index in [4.69, 9.17) is 19.3 Å². The van der Waals surface area contributed by atoms with Gasteiger partial charge < -0.3 is 19.3 Å². The van der Waals surface area contributed by atoms with Gasteiger partial charge in [-0.15, -0.1) is 0 Å². The van der Waals surface area contributed by atoms with Crippen LogP contribution in [0.15, 0.2) is 58.5 Å². The maximum Gasteiger partial charge on any atom is 0.416 e. The van der Waals surface area contributed by atoms with Gasteiger partial charge in [0.2, 0.25) is 0 Å². The molecule has 0 heterocycles. The summed E-state index contributed by atoms with van der Waals surface area (Å²) in [6, 6.07) is 9.70. The number of rotatable bonds is 9. The summed E-state index contributed by atoms with van der Waals surface area (Å²) in [6.45, 7) is 1.44. The maximum atomic E-state index is 12.6. The number of halogens is 3. The van der Waals surface area contributed by atoms with Crippen LogP contribution in [0, 0.1) is 6.92 Å². The van der Waals surface area contributed by atoms with E-state index in [-0.39, 0.29) is 6.61 Å². The van der Waals surface area contributed by atoms with Crippen molar-refractivity contribution >= 4 is 17.7 Å². The minimum absolute atomic E-state index is 0.0493. The number of alkyl halides is 3. The Morgan fingerprint density at radius 3 is 2.34 bits per heavy atom. The average Bonchev–Trinajstić information content (AvgIpc) is 2.67. The third-order valence-electron chi connectivity index (χ3n) is 3.65. The molecule has 0 aromatic heterocycles. The Morgan fingerprint density at radius 1 is 1.10 bits per heavy atom. The molecule has 29 heavy (non-hydrogen) atoms. The van der Waals surface area contributed by atoms with Crippen molar-refractivity contribution in [2.45, 2.75) is 18.0 Å². The zero-order chi connectivity index (χ0) is 21.4. The van der Waals surface area contributed by atoms with Gasteiger partial charge in [-0.05, 0) is 55.0 Å². The minimum Gasteiger partial charge on any atom is -0.497 e. The molecule has 0 unspecified atom stereocenters. The van der Waals surface area contributed by atoms with Crippen LogP contribution in [-0.2, 0) is 15.7 Å². The summed E-state index contributed by atoms with van der Waals surface area (Å²) in [4.78, 5) is 11.4. The SMILES string of the molecule is CO/C(=C\Sc1ccc(OCC(=O)O)c(C)c1)COc1ccc(C(F)(F)F)cc1. The van der Waals surface area contributed by atoms with Crippen LogP contribution in [0.4, 0.5) is 13.2 Å². The normalized spacial score (nSPS) is 11.8. The number of carboxylic acid groups (broad SMARTS) is 1. The third kappa shape index (κ3) is 7.26. The van der Waals surface area contributed by atoms with E-state index in [0.717, 1.165) is 22.6 Å². The molecule has 0 saturated heterocycles. The summed E-state index contributed by atoms with van der Waals surface area (Å²) in [5.74, 6) is 0.211. The van der Waals surface area contributed by atoms with Gasteiger partial charge in [0.05, 0.1) is 12.7 Å². The Labute approximate surface area is 170 Å². The lowest BCUT2D eigenvalue weighted by Gasteiger charge is -2.11. The number of aliphatic carboxylic acids is 1. The molecule has 0 aliphatic heterocycles. The molecule has 156 valence electrons. The molecule has 9 heteroatoms. The van der Waals surface area contributed by atoms with E-state index in [1.165, 1.54) is 31.0 Å². The molecule has 0 fully saturated rings. The number of aryl methyl sites for hydroxylation is 1. The number of hydrogen-bond donors (Lipinski definition) is 1. The van der Waals surface area contributed by atoms with Crippen molar-refractivity contribution in [3.63, 3.8) is 0 Å². The van der Waals surface area contributed by atoms with Crippen LogP contribution >= 0.6 is 11.8 Å². The van der Waals surface area contributed by atoms with Crippen LogP contribution in [-0.4, -0.2) is 31.4 Å². The Bertz CT molecular complexity index is 863. The summed E-state index contributed by atoms with van der Waals surface area (Å²) >= 11 is 1.35. The maximum absolute atomic E-state index is 12.6. The second-order valence-electron chi connectivity index (χ2n) is 5.83. The molecule has 0 saturated carbocycles. The van der Waals surface area contributed by atoms with Crippen molar-refractivity contribution in [3.8, 4) is 11.5 Å². The topological polar surface area (TPSA) is 65.0 Å². The van der Waals surface area contributed by atoms with Gasteiger partial charge in [-0.2, -0.15) is 13.2 Å². The highest BCUT2D eigenvalue weighted by Gasteiger charge is 2.30. The number of methoxy groups -OCH3 is 1. The minimum atomic E-state index is -4.39. The van der Waals surface area contributed by atoms with Crippen LogP contribution in [0.2, 0.25) is 0 Å². The van der Waals surface area contributed by atoms with Gasteiger partial charge in [-0.3, -0.25) is 0 Å². The van der Waals surface area contributed by atoms with Gasteiger partial charge in [0, 0.05) is 10.3 Å². The molecular weight excluding hydrogens is 409 g/mol. The smallest absolute Gasteiger partial charge is 0.416 e. The first-order valence-corrected chi connectivity index (χ1v) is 9.22. The number of ether oxygens (including phenoxy) is 3. The predicted molar refractivity (Wildman–Crippen MR) is 102 cm³/mol. The Hall–Kier alpha value is -2.81. The van der Waals surface area contributed by atoms with Crippen LogP contribution < -0.4 is 9.47 Å². The van der Waals surface area contributed by atoms with E-state index in [9.17, 15) is 18.0 Å². The Kier molecular flexibility index (Phi) is 7.83. The Balaban J connectivity index is 1.94.